The summed E-state index contributed by atoms with van der Waals surface area (Å²) in [5.41, 5.74) is 4.21. The maximum absolute atomic E-state index is 13.2. The summed E-state index contributed by atoms with van der Waals surface area (Å²) in [6.07, 6.45) is 2.59. The molecule has 3 heterocycles. The fourth-order valence-corrected chi connectivity index (χ4v) is 5.06. The Morgan fingerprint density at radius 1 is 1.00 bits per heavy atom. The SMILES string of the molecule is CC(=NCC(=O)c1ccc(C(=O)CCc2ccccn2)s1)c1c(C)[nH]n(-c2ccc(C(C)(C)C)cc2)c1=O. The molecule has 0 fully saturated rings. The topological polar surface area (TPSA) is 97.2 Å². The van der Waals surface area contributed by atoms with Crippen LogP contribution in [0.2, 0.25) is 0 Å². The molecule has 0 amide bonds. The Balaban J connectivity index is 1.43. The number of Topliss-reactive ketones (excluding diaryl/α,β-unsaturated/α-hetero) is 2. The molecule has 0 atom stereocenters. The normalized spacial score (nSPS) is 12.1. The van der Waals surface area contributed by atoms with Crippen molar-refractivity contribution in [1.82, 2.24) is 14.8 Å². The Hall–Kier alpha value is -3.91. The van der Waals surface area contributed by atoms with Crippen molar-refractivity contribution in [2.75, 3.05) is 6.54 Å². The number of carbonyl (C=O) groups is 2. The standard InChI is InChI=1S/C30H32N4O3S/c1-19(28-20(2)33-34(29(28)37)23-12-9-21(10-13-23)30(3,4)5)32-18-25(36)27-16-15-26(38-27)24(35)14-11-22-8-6-7-17-31-22/h6-10,12-13,15-17,33H,11,14,18H2,1-5H3. The summed E-state index contributed by atoms with van der Waals surface area (Å²) in [6.45, 7) is 9.89. The molecule has 1 aromatic carbocycles. The number of nitrogens with zero attached hydrogens (tertiary/aromatic N) is 3. The van der Waals surface area contributed by atoms with E-state index in [2.05, 4.69) is 35.8 Å². The zero-order chi connectivity index (χ0) is 27.4. The molecule has 1 N–H and O–H groups in total. The predicted octanol–water partition coefficient (Wildman–Crippen LogP) is 5.74. The number of nitrogens with one attached hydrogen (secondary N) is 1. The first-order chi connectivity index (χ1) is 18.0. The minimum absolute atomic E-state index is 0.0154. The van der Waals surface area contributed by atoms with Gasteiger partial charge in [0, 0.05) is 29.7 Å². The quantitative estimate of drug-likeness (QED) is 0.221. The lowest BCUT2D eigenvalue weighted by atomic mass is 9.87. The van der Waals surface area contributed by atoms with Gasteiger partial charge in [0.25, 0.3) is 5.56 Å². The van der Waals surface area contributed by atoms with Crippen LogP contribution in [0, 0.1) is 6.92 Å². The van der Waals surface area contributed by atoms with Gasteiger partial charge in [0.1, 0.15) is 6.54 Å². The molecule has 4 rings (SSSR count). The van der Waals surface area contributed by atoms with E-state index in [1.54, 1.807) is 25.3 Å². The van der Waals surface area contributed by atoms with E-state index in [0.717, 1.165) is 11.4 Å². The van der Waals surface area contributed by atoms with E-state index in [4.69, 9.17) is 0 Å². The van der Waals surface area contributed by atoms with Gasteiger partial charge in [0.15, 0.2) is 11.6 Å². The van der Waals surface area contributed by atoms with E-state index in [9.17, 15) is 14.4 Å². The summed E-state index contributed by atoms with van der Waals surface area (Å²) in [5.74, 6) is -0.206. The molecule has 0 radical (unpaired) electrons. The summed E-state index contributed by atoms with van der Waals surface area (Å²) in [7, 11) is 0. The monoisotopic (exact) mass is 528 g/mol. The Morgan fingerprint density at radius 2 is 1.68 bits per heavy atom. The van der Waals surface area contributed by atoms with Crippen LogP contribution >= 0.6 is 11.3 Å². The molecule has 4 aromatic rings. The largest absolute Gasteiger partial charge is 0.295 e. The molecule has 0 spiro atoms. The van der Waals surface area contributed by atoms with Crippen LogP contribution in [-0.2, 0) is 11.8 Å². The molecular weight excluding hydrogens is 496 g/mol. The maximum Gasteiger partial charge on any atom is 0.280 e. The van der Waals surface area contributed by atoms with E-state index < -0.39 is 0 Å². The van der Waals surface area contributed by atoms with Gasteiger partial charge < -0.3 is 0 Å². The molecule has 0 unspecified atom stereocenters. The van der Waals surface area contributed by atoms with Crippen LogP contribution in [0.5, 0.6) is 0 Å². The number of rotatable bonds is 9. The molecule has 0 aliphatic heterocycles. The molecule has 0 saturated carbocycles. The minimum atomic E-state index is -0.211. The number of benzene rings is 1. The number of hydrogen-bond donors (Lipinski definition) is 1. The molecule has 3 aromatic heterocycles. The Bertz CT molecular complexity index is 1530. The van der Waals surface area contributed by atoms with Gasteiger partial charge in [0.05, 0.1) is 21.0 Å². The number of hydrogen-bond acceptors (Lipinski definition) is 6. The second kappa shape index (κ2) is 11.2. The highest BCUT2D eigenvalue weighted by atomic mass is 32.1. The molecule has 196 valence electrons. The fourth-order valence-electron chi connectivity index (χ4n) is 4.16. The molecule has 38 heavy (non-hydrogen) atoms. The van der Waals surface area contributed by atoms with Gasteiger partial charge in [-0.3, -0.25) is 29.5 Å². The number of aliphatic imine (C=N–C) groups is 1. The zero-order valence-corrected chi connectivity index (χ0v) is 23.2. The summed E-state index contributed by atoms with van der Waals surface area (Å²) in [4.78, 5) is 48.3. The van der Waals surface area contributed by atoms with E-state index in [1.807, 2.05) is 49.4 Å². The molecular formula is C30H32N4O3S. The fraction of sp³-hybridized carbons (Fsp3) is 0.300. The van der Waals surface area contributed by atoms with Crippen molar-refractivity contribution in [2.24, 2.45) is 4.99 Å². The van der Waals surface area contributed by atoms with Crippen molar-refractivity contribution < 1.29 is 9.59 Å². The third kappa shape index (κ3) is 6.14. The third-order valence-electron chi connectivity index (χ3n) is 6.37. The van der Waals surface area contributed by atoms with E-state index in [-0.39, 0.29) is 29.1 Å². The number of thiophene rings is 1. The predicted molar refractivity (Wildman–Crippen MR) is 152 cm³/mol. The lowest BCUT2D eigenvalue weighted by Gasteiger charge is -2.19. The van der Waals surface area contributed by atoms with Crippen molar-refractivity contribution >= 4 is 28.6 Å². The second-order valence-corrected chi connectivity index (χ2v) is 11.4. The van der Waals surface area contributed by atoms with Gasteiger partial charge >= 0.3 is 0 Å². The molecule has 0 aliphatic rings. The number of aromatic nitrogens is 3. The number of ketones is 2. The van der Waals surface area contributed by atoms with Crippen molar-refractivity contribution in [2.45, 2.75) is 52.9 Å². The molecule has 8 heteroatoms. The van der Waals surface area contributed by atoms with Crippen molar-refractivity contribution in [3.8, 4) is 5.69 Å². The average Bonchev–Trinajstić information content (AvgIpc) is 3.50. The summed E-state index contributed by atoms with van der Waals surface area (Å²) >= 11 is 1.18. The number of carbonyl (C=O) groups excluding carboxylic acids is 2. The van der Waals surface area contributed by atoms with Gasteiger partial charge in [-0.2, -0.15) is 0 Å². The van der Waals surface area contributed by atoms with Gasteiger partial charge in [-0.05, 0) is 67.6 Å². The summed E-state index contributed by atoms with van der Waals surface area (Å²) in [6, 6.07) is 16.9. The Morgan fingerprint density at radius 3 is 2.32 bits per heavy atom. The van der Waals surface area contributed by atoms with Gasteiger partial charge in [0.2, 0.25) is 0 Å². The van der Waals surface area contributed by atoms with Crippen molar-refractivity contribution in [3.63, 3.8) is 0 Å². The van der Waals surface area contributed by atoms with Gasteiger partial charge in [-0.1, -0.05) is 39.0 Å². The average molecular weight is 529 g/mol. The van der Waals surface area contributed by atoms with E-state index in [0.29, 0.717) is 39.6 Å². The first-order valence-electron chi connectivity index (χ1n) is 12.5. The highest BCUT2D eigenvalue weighted by molar-refractivity contribution is 7.16. The Kier molecular flexibility index (Phi) is 8.02. The van der Waals surface area contributed by atoms with Crippen LogP contribution in [0.4, 0.5) is 0 Å². The maximum atomic E-state index is 13.2. The van der Waals surface area contributed by atoms with Crippen LogP contribution < -0.4 is 5.56 Å². The Labute approximate surface area is 226 Å². The van der Waals surface area contributed by atoms with Crippen LogP contribution in [0.3, 0.4) is 0 Å². The van der Waals surface area contributed by atoms with Gasteiger partial charge in [-0.25, -0.2) is 4.68 Å². The van der Waals surface area contributed by atoms with Crippen molar-refractivity contribution in [1.29, 1.82) is 0 Å². The van der Waals surface area contributed by atoms with Crippen LogP contribution in [-0.4, -0.2) is 38.6 Å². The number of H-pyrrole nitrogens is 1. The van der Waals surface area contributed by atoms with E-state index >= 15 is 0 Å². The molecule has 7 nitrogen and oxygen atoms in total. The van der Waals surface area contributed by atoms with Crippen LogP contribution in [0.1, 0.15) is 76.0 Å². The minimum Gasteiger partial charge on any atom is -0.295 e. The zero-order valence-electron chi connectivity index (χ0n) is 22.4. The first kappa shape index (κ1) is 27.1. The molecule has 0 saturated heterocycles. The van der Waals surface area contributed by atoms with Crippen molar-refractivity contribution in [3.05, 3.63) is 103 Å². The second-order valence-electron chi connectivity index (χ2n) is 10.3. The van der Waals surface area contributed by atoms with E-state index in [1.165, 1.54) is 21.6 Å². The first-order valence-corrected chi connectivity index (χ1v) is 13.4. The number of pyridine rings is 1. The number of aromatic amines is 1. The van der Waals surface area contributed by atoms with Crippen LogP contribution in [0.25, 0.3) is 5.69 Å². The summed E-state index contributed by atoms with van der Waals surface area (Å²) in [5, 5.41) is 3.13. The summed E-state index contributed by atoms with van der Waals surface area (Å²) < 4.78 is 1.50. The number of aryl methyl sites for hydroxylation is 2. The van der Waals surface area contributed by atoms with Gasteiger partial charge in [-0.15, -0.1) is 11.3 Å². The molecule has 0 aliphatic carbocycles. The smallest absolute Gasteiger partial charge is 0.280 e. The highest BCUT2D eigenvalue weighted by Crippen LogP contribution is 2.23. The third-order valence-corrected chi connectivity index (χ3v) is 7.54. The lowest BCUT2D eigenvalue weighted by Crippen LogP contribution is -2.20. The molecule has 0 bridgehead atoms. The highest BCUT2D eigenvalue weighted by Gasteiger charge is 2.18. The van der Waals surface area contributed by atoms with Crippen LogP contribution in [0.15, 0.2) is 70.6 Å². The lowest BCUT2D eigenvalue weighted by molar-refractivity contribution is 0.0984.